The number of oxazole rings is 1. The fourth-order valence-corrected chi connectivity index (χ4v) is 7.65. The molecule has 7 heterocycles. The Morgan fingerprint density at radius 3 is 2.19 bits per heavy atom. The summed E-state index contributed by atoms with van der Waals surface area (Å²) in [6.45, 7) is 0. The Morgan fingerprint density at radius 2 is 1.40 bits per heavy atom. The van der Waals surface area contributed by atoms with Gasteiger partial charge < -0.3 is 23.3 Å². The number of nitrogens with zero attached hydrogens (tertiary/aromatic N) is 5. The number of nitrogens with one attached hydrogen (secondary N) is 2. The Labute approximate surface area is 299 Å². The van der Waals surface area contributed by atoms with Gasteiger partial charge in [-0.1, -0.05) is 71.9 Å². The van der Waals surface area contributed by atoms with Gasteiger partial charge in [0.1, 0.15) is 29.8 Å². The molecule has 10 heteroatoms. The van der Waals surface area contributed by atoms with Crippen LogP contribution in [0.2, 0.25) is 0 Å². The molecular formula is C43H25N7O3. The van der Waals surface area contributed by atoms with Gasteiger partial charge in [-0.3, -0.25) is 4.98 Å². The lowest BCUT2D eigenvalue weighted by molar-refractivity contribution is 0.422. The summed E-state index contributed by atoms with van der Waals surface area (Å²) in [5.41, 5.74) is 8.19. The minimum absolute atomic E-state index is 0.398. The highest BCUT2D eigenvalue weighted by molar-refractivity contribution is 6.23. The van der Waals surface area contributed by atoms with Gasteiger partial charge in [0.2, 0.25) is 5.89 Å². The zero-order chi connectivity index (χ0) is 34.9. The first-order valence-corrected chi connectivity index (χ1v) is 17.0. The van der Waals surface area contributed by atoms with Crippen LogP contribution in [0.3, 0.4) is 0 Å². The molecule has 4 aromatic carbocycles. The smallest absolute Gasteiger partial charge is 0.228 e. The van der Waals surface area contributed by atoms with E-state index >= 15 is 0 Å². The van der Waals surface area contributed by atoms with Crippen LogP contribution in [0.5, 0.6) is 0 Å². The Balaban J connectivity index is 1.42. The molecule has 0 saturated carbocycles. The molecule has 0 spiro atoms. The fourth-order valence-electron chi connectivity index (χ4n) is 7.65. The van der Waals surface area contributed by atoms with E-state index in [0.29, 0.717) is 34.4 Å². The third-order valence-electron chi connectivity index (χ3n) is 9.84. The van der Waals surface area contributed by atoms with E-state index in [9.17, 15) is 0 Å². The topological polar surface area (TPSA) is 135 Å². The number of aromatic nitrogens is 7. The minimum Gasteiger partial charge on any atom is -0.464 e. The van der Waals surface area contributed by atoms with Crippen LogP contribution < -0.4 is 0 Å². The number of aromatic amines is 2. The molecular weight excluding hydrogens is 663 g/mol. The van der Waals surface area contributed by atoms with E-state index in [0.717, 1.165) is 77.0 Å². The molecule has 0 atom stereocenters. The molecule has 11 rings (SSSR count). The van der Waals surface area contributed by atoms with Crippen LogP contribution in [0.4, 0.5) is 0 Å². The average Bonchev–Trinajstić information content (AvgIpc) is 4.06. The second-order valence-corrected chi connectivity index (χ2v) is 12.7. The van der Waals surface area contributed by atoms with Crippen LogP contribution >= 0.6 is 0 Å². The lowest BCUT2D eigenvalue weighted by Gasteiger charge is -2.20. The van der Waals surface area contributed by atoms with Crippen molar-refractivity contribution in [3.63, 3.8) is 0 Å². The number of hydrogen-bond donors (Lipinski definition) is 2. The first-order chi connectivity index (χ1) is 26.3. The van der Waals surface area contributed by atoms with Crippen molar-refractivity contribution in [1.29, 1.82) is 0 Å². The van der Waals surface area contributed by atoms with Crippen molar-refractivity contribution >= 4 is 43.4 Å². The molecule has 53 heavy (non-hydrogen) atoms. The Hall–Kier alpha value is -7.59. The number of rotatable bonds is 6. The lowest BCUT2D eigenvalue weighted by atomic mass is 9.84. The average molecular weight is 688 g/mol. The van der Waals surface area contributed by atoms with Gasteiger partial charge in [-0.25, -0.2) is 15.0 Å². The summed E-state index contributed by atoms with van der Waals surface area (Å²) in [5.74, 6) is 1.65. The Bertz CT molecular complexity index is 3100. The summed E-state index contributed by atoms with van der Waals surface area (Å²) >= 11 is 0. The molecule has 0 aliphatic rings. The molecule has 0 aliphatic carbocycles. The van der Waals surface area contributed by atoms with Crippen molar-refractivity contribution in [3.8, 4) is 68.1 Å². The summed E-state index contributed by atoms with van der Waals surface area (Å²) in [6.07, 6.45) is 11.8. The van der Waals surface area contributed by atoms with Crippen molar-refractivity contribution in [2.75, 3.05) is 0 Å². The van der Waals surface area contributed by atoms with Crippen molar-refractivity contribution in [3.05, 3.63) is 141 Å². The third-order valence-corrected chi connectivity index (χ3v) is 9.84. The van der Waals surface area contributed by atoms with E-state index in [1.165, 1.54) is 0 Å². The maximum Gasteiger partial charge on any atom is 0.228 e. The molecule has 11 aromatic rings. The van der Waals surface area contributed by atoms with Crippen LogP contribution in [0.25, 0.3) is 111 Å². The number of H-pyrrole nitrogens is 2. The van der Waals surface area contributed by atoms with Crippen molar-refractivity contribution < 1.29 is 13.4 Å². The van der Waals surface area contributed by atoms with Gasteiger partial charge in [0.05, 0.1) is 51.7 Å². The maximum absolute atomic E-state index is 6.30. The van der Waals surface area contributed by atoms with Crippen LogP contribution in [0.1, 0.15) is 0 Å². The summed E-state index contributed by atoms with van der Waals surface area (Å²) < 4.78 is 17.8. The fraction of sp³-hybridized carbons (Fsp3) is 0. The standard InChI is InChI=1S/C43H25N7O3/c1-3-8-27-24(6-1)11-12-26-13-14-29(48-38(26)27)32-33(31-10-5-21-51-31)41-35(37(43-47-20-23-52-43)40(49-41)30-16-22-53-50-30)34(36(32)42-45-18-19-46-42)39-28-9-4-2-7-25(28)15-17-44-39/h1-23,49H,(H,45,46). The van der Waals surface area contributed by atoms with Crippen molar-refractivity contribution in [1.82, 2.24) is 35.1 Å². The maximum atomic E-state index is 6.30. The largest absolute Gasteiger partial charge is 0.464 e. The summed E-state index contributed by atoms with van der Waals surface area (Å²) in [5, 5.41) is 10.4. The van der Waals surface area contributed by atoms with Crippen molar-refractivity contribution in [2.24, 2.45) is 0 Å². The normalized spacial score (nSPS) is 11.8. The van der Waals surface area contributed by atoms with Crippen LogP contribution in [-0.4, -0.2) is 35.1 Å². The summed E-state index contributed by atoms with van der Waals surface area (Å²) in [6, 6.07) is 32.6. The van der Waals surface area contributed by atoms with Gasteiger partial charge in [-0.15, -0.1) is 0 Å². The molecule has 7 aromatic heterocycles. The molecule has 2 N–H and O–H groups in total. The zero-order valence-corrected chi connectivity index (χ0v) is 27.7. The summed E-state index contributed by atoms with van der Waals surface area (Å²) in [7, 11) is 0. The quantitative estimate of drug-likeness (QED) is 0.165. The number of furan rings is 1. The Morgan fingerprint density at radius 1 is 0.547 bits per heavy atom. The second-order valence-electron chi connectivity index (χ2n) is 12.7. The first kappa shape index (κ1) is 29.2. The van der Waals surface area contributed by atoms with Gasteiger partial charge in [0.15, 0.2) is 0 Å². The SMILES string of the molecule is c1coc(-c2c(-c3ccc4ccc5ccccc5c4n3)c(-c3ncc[nH]3)c(-c3nccc4ccccc34)c3c(-c4ncco4)c(-c4ccon4)[nH]c23)c1. The predicted molar refractivity (Wildman–Crippen MR) is 204 cm³/mol. The molecule has 0 bridgehead atoms. The van der Waals surface area contributed by atoms with E-state index in [4.69, 9.17) is 28.3 Å². The monoisotopic (exact) mass is 687 g/mol. The number of imidazole rings is 1. The molecule has 10 nitrogen and oxygen atoms in total. The molecule has 0 amide bonds. The van der Waals surface area contributed by atoms with Gasteiger partial charge >= 0.3 is 0 Å². The number of fused-ring (bicyclic) bond motifs is 5. The highest BCUT2D eigenvalue weighted by atomic mass is 16.5. The lowest BCUT2D eigenvalue weighted by Crippen LogP contribution is -2.00. The van der Waals surface area contributed by atoms with Gasteiger partial charge in [-0.2, -0.15) is 0 Å². The van der Waals surface area contributed by atoms with E-state index in [-0.39, 0.29) is 0 Å². The van der Waals surface area contributed by atoms with E-state index in [2.05, 4.69) is 68.6 Å². The third kappa shape index (κ3) is 4.42. The molecule has 0 radical (unpaired) electrons. The van der Waals surface area contributed by atoms with Crippen molar-refractivity contribution in [2.45, 2.75) is 0 Å². The molecule has 0 unspecified atom stereocenters. The predicted octanol–water partition coefficient (Wildman–Crippen LogP) is 10.7. The van der Waals surface area contributed by atoms with Crippen LogP contribution in [0.15, 0.2) is 154 Å². The number of hydrogen-bond acceptors (Lipinski definition) is 8. The molecule has 0 aliphatic heterocycles. The van der Waals surface area contributed by atoms with Crippen LogP contribution in [-0.2, 0) is 0 Å². The second kappa shape index (κ2) is 11.5. The van der Waals surface area contributed by atoms with E-state index in [1.807, 2.05) is 60.9 Å². The van der Waals surface area contributed by atoms with E-state index in [1.54, 1.807) is 31.2 Å². The molecule has 250 valence electrons. The number of pyridine rings is 2. The highest BCUT2D eigenvalue weighted by Crippen LogP contribution is 2.54. The number of benzene rings is 4. The van der Waals surface area contributed by atoms with Crippen LogP contribution in [0, 0.1) is 0 Å². The molecule has 0 saturated heterocycles. The summed E-state index contributed by atoms with van der Waals surface area (Å²) in [4.78, 5) is 27.4. The van der Waals surface area contributed by atoms with E-state index < -0.39 is 0 Å². The minimum atomic E-state index is 0.398. The first-order valence-electron chi connectivity index (χ1n) is 17.0. The zero-order valence-electron chi connectivity index (χ0n) is 27.7. The van der Waals surface area contributed by atoms with Gasteiger partial charge in [-0.05, 0) is 35.0 Å². The van der Waals surface area contributed by atoms with Gasteiger partial charge in [0, 0.05) is 62.9 Å². The Kier molecular flexibility index (Phi) is 6.31. The highest BCUT2D eigenvalue weighted by Gasteiger charge is 2.34. The molecule has 0 fully saturated rings. The van der Waals surface area contributed by atoms with Gasteiger partial charge in [0.25, 0.3) is 0 Å².